The van der Waals surface area contributed by atoms with E-state index in [1.54, 1.807) is 11.8 Å². The van der Waals surface area contributed by atoms with Gasteiger partial charge in [0.1, 0.15) is 5.75 Å². The maximum atomic E-state index is 10.1. The van der Waals surface area contributed by atoms with Gasteiger partial charge in [-0.3, -0.25) is 4.68 Å². The van der Waals surface area contributed by atoms with Crippen LogP contribution in [0.2, 0.25) is 0 Å². The second-order valence-electron chi connectivity index (χ2n) is 4.35. The van der Waals surface area contributed by atoms with Crippen molar-refractivity contribution in [2.45, 2.75) is 18.9 Å². The van der Waals surface area contributed by atoms with Crippen LogP contribution in [0.15, 0.2) is 36.7 Å². The molecule has 4 heteroatoms. The number of aliphatic hydroxyl groups is 1. The Kier molecular flexibility index (Phi) is 3.99. The summed E-state index contributed by atoms with van der Waals surface area (Å²) in [6.45, 7) is 0. The summed E-state index contributed by atoms with van der Waals surface area (Å²) in [6.07, 6.45) is 4.82. The minimum absolute atomic E-state index is 0.472. The van der Waals surface area contributed by atoms with Crippen LogP contribution < -0.4 is 4.74 Å². The van der Waals surface area contributed by atoms with Crippen LogP contribution in [0.3, 0.4) is 0 Å². The highest BCUT2D eigenvalue weighted by atomic mass is 16.5. The first-order valence-corrected chi connectivity index (χ1v) is 5.98. The molecule has 0 aliphatic carbocycles. The maximum absolute atomic E-state index is 10.1. The van der Waals surface area contributed by atoms with Gasteiger partial charge in [0, 0.05) is 13.2 Å². The Morgan fingerprint density at radius 3 is 2.94 bits per heavy atom. The molecule has 0 saturated heterocycles. The van der Waals surface area contributed by atoms with Gasteiger partial charge in [-0.05, 0) is 36.1 Å². The Bertz CT molecular complexity index is 508. The van der Waals surface area contributed by atoms with Crippen molar-refractivity contribution in [3.8, 4) is 5.75 Å². The zero-order chi connectivity index (χ0) is 13.0. The maximum Gasteiger partial charge on any atom is 0.119 e. The first-order chi connectivity index (χ1) is 8.69. The molecule has 0 amide bonds. The number of nitrogens with zero attached hydrogens (tertiary/aromatic N) is 2. The number of ether oxygens (including phenoxy) is 1. The summed E-state index contributed by atoms with van der Waals surface area (Å²) in [5.74, 6) is 0.771. The number of hydrogen-bond acceptors (Lipinski definition) is 3. The lowest BCUT2D eigenvalue weighted by Crippen LogP contribution is -1.99. The van der Waals surface area contributed by atoms with Crippen LogP contribution in [0.1, 0.15) is 23.7 Å². The largest absolute Gasteiger partial charge is 0.497 e. The molecule has 1 unspecified atom stereocenters. The second-order valence-corrected chi connectivity index (χ2v) is 4.35. The van der Waals surface area contributed by atoms with E-state index in [4.69, 9.17) is 4.74 Å². The quantitative estimate of drug-likeness (QED) is 0.878. The van der Waals surface area contributed by atoms with E-state index in [0.29, 0.717) is 6.42 Å². The van der Waals surface area contributed by atoms with Crippen molar-refractivity contribution in [1.82, 2.24) is 9.78 Å². The smallest absolute Gasteiger partial charge is 0.119 e. The molecule has 18 heavy (non-hydrogen) atoms. The third kappa shape index (κ3) is 3.11. The summed E-state index contributed by atoms with van der Waals surface area (Å²) >= 11 is 0. The van der Waals surface area contributed by atoms with Crippen LogP contribution in [-0.4, -0.2) is 22.0 Å². The van der Waals surface area contributed by atoms with Crippen molar-refractivity contribution in [1.29, 1.82) is 0 Å². The van der Waals surface area contributed by atoms with E-state index in [0.717, 1.165) is 23.3 Å². The molecule has 1 N–H and O–H groups in total. The topological polar surface area (TPSA) is 47.3 Å². The van der Waals surface area contributed by atoms with Crippen LogP contribution in [-0.2, 0) is 13.5 Å². The van der Waals surface area contributed by atoms with E-state index >= 15 is 0 Å². The molecule has 0 bridgehead atoms. The van der Waals surface area contributed by atoms with Gasteiger partial charge in [0.25, 0.3) is 0 Å². The Labute approximate surface area is 107 Å². The monoisotopic (exact) mass is 246 g/mol. The van der Waals surface area contributed by atoms with E-state index in [2.05, 4.69) is 5.10 Å². The van der Waals surface area contributed by atoms with Crippen LogP contribution >= 0.6 is 0 Å². The van der Waals surface area contributed by atoms with Crippen LogP contribution in [0, 0.1) is 0 Å². The molecule has 1 heterocycles. The molecule has 0 radical (unpaired) electrons. The van der Waals surface area contributed by atoms with E-state index in [1.807, 2.05) is 43.7 Å². The van der Waals surface area contributed by atoms with Crippen LogP contribution in [0.25, 0.3) is 0 Å². The Hall–Kier alpha value is -1.81. The minimum atomic E-state index is -0.472. The standard InChI is InChI=1S/C14H18N2O2/c1-16-10-11(9-15-16)6-7-14(17)12-4-3-5-13(8-12)18-2/h3-5,8-10,14,17H,6-7H2,1-2H3. The van der Waals surface area contributed by atoms with Crippen molar-refractivity contribution in [2.24, 2.45) is 7.05 Å². The minimum Gasteiger partial charge on any atom is -0.497 e. The molecule has 0 aliphatic rings. The predicted octanol–water partition coefficient (Wildman–Crippen LogP) is 2.09. The van der Waals surface area contributed by atoms with Gasteiger partial charge in [-0.1, -0.05) is 12.1 Å². The Balaban J connectivity index is 1.96. The fourth-order valence-corrected chi connectivity index (χ4v) is 1.92. The number of aryl methyl sites for hydroxylation is 2. The second kappa shape index (κ2) is 5.69. The van der Waals surface area contributed by atoms with Crippen LogP contribution in [0.5, 0.6) is 5.75 Å². The van der Waals surface area contributed by atoms with Gasteiger partial charge >= 0.3 is 0 Å². The van der Waals surface area contributed by atoms with Gasteiger partial charge in [-0.25, -0.2) is 0 Å². The van der Waals surface area contributed by atoms with E-state index in [1.165, 1.54) is 0 Å². The van der Waals surface area contributed by atoms with E-state index < -0.39 is 6.10 Å². The van der Waals surface area contributed by atoms with Crippen molar-refractivity contribution in [2.75, 3.05) is 7.11 Å². The SMILES string of the molecule is COc1cccc(C(O)CCc2cnn(C)c2)c1. The molecule has 0 fully saturated rings. The predicted molar refractivity (Wildman–Crippen MR) is 69.5 cm³/mol. The van der Waals surface area contributed by atoms with Crippen molar-refractivity contribution >= 4 is 0 Å². The number of benzene rings is 1. The van der Waals surface area contributed by atoms with Gasteiger partial charge in [-0.15, -0.1) is 0 Å². The molecular weight excluding hydrogens is 228 g/mol. The fraction of sp³-hybridized carbons (Fsp3) is 0.357. The highest BCUT2D eigenvalue weighted by molar-refractivity contribution is 5.29. The molecule has 4 nitrogen and oxygen atoms in total. The molecule has 1 atom stereocenters. The molecule has 1 aromatic carbocycles. The number of aromatic nitrogens is 2. The number of aliphatic hydroxyl groups excluding tert-OH is 1. The number of hydrogen-bond donors (Lipinski definition) is 1. The zero-order valence-corrected chi connectivity index (χ0v) is 10.7. The number of methoxy groups -OCH3 is 1. The Morgan fingerprint density at radius 1 is 1.44 bits per heavy atom. The van der Waals surface area contributed by atoms with E-state index in [9.17, 15) is 5.11 Å². The summed E-state index contributed by atoms with van der Waals surface area (Å²) in [7, 11) is 3.52. The lowest BCUT2D eigenvalue weighted by Gasteiger charge is -2.11. The third-order valence-electron chi connectivity index (χ3n) is 2.94. The summed E-state index contributed by atoms with van der Waals surface area (Å²) in [6, 6.07) is 7.54. The van der Waals surface area contributed by atoms with Crippen molar-refractivity contribution in [3.05, 3.63) is 47.8 Å². The van der Waals surface area contributed by atoms with Gasteiger partial charge in [0.15, 0.2) is 0 Å². The summed E-state index contributed by atoms with van der Waals surface area (Å²) in [5.41, 5.74) is 2.03. The Morgan fingerprint density at radius 2 is 2.28 bits per heavy atom. The number of rotatable bonds is 5. The lowest BCUT2D eigenvalue weighted by molar-refractivity contribution is 0.167. The average Bonchev–Trinajstić information content (AvgIpc) is 2.82. The molecular formula is C14H18N2O2. The van der Waals surface area contributed by atoms with Crippen molar-refractivity contribution in [3.63, 3.8) is 0 Å². The van der Waals surface area contributed by atoms with Crippen LogP contribution in [0.4, 0.5) is 0 Å². The molecule has 0 spiro atoms. The van der Waals surface area contributed by atoms with Gasteiger partial charge in [0.05, 0.1) is 19.4 Å². The van der Waals surface area contributed by atoms with Gasteiger partial charge < -0.3 is 9.84 Å². The normalized spacial score (nSPS) is 12.4. The first-order valence-electron chi connectivity index (χ1n) is 5.98. The third-order valence-corrected chi connectivity index (χ3v) is 2.94. The molecule has 1 aromatic heterocycles. The zero-order valence-electron chi connectivity index (χ0n) is 10.7. The molecule has 2 rings (SSSR count). The first kappa shape index (κ1) is 12.6. The molecule has 0 saturated carbocycles. The summed E-state index contributed by atoms with van der Waals surface area (Å²) in [4.78, 5) is 0. The highest BCUT2D eigenvalue weighted by Crippen LogP contribution is 2.22. The summed E-state index contributed by atoms with van der Waals surface area (Å²) < 4.78 is 6.92. The van der Waals surface area contributed by atoms with Gasteiger partial charge in [0.2, 0.25) is 0 Å². The molecule has 0 aliphatic heterocycles. The van der Waals surface area contributed by atoms with Crippen molar-refractivity contribution < 1.29 is 9.84 Å². The fourth-order valence-electron chi connectivity index (χ4n) is 1.92. The van der Waals surface area contributed by atoms with Gasteiger partial charge in [-0.2, -0.15) is 5.10 Å². The molecule has 96 valence electrons. The highest BCUT2D eigenvalue weighted by Gasteiger charge is 2.09. The summed E-state index contributed by atoms with van der Waals surface area (Å²) in [5, 5.41) is 14.2. The average molecular weight is 246 g/mol. The van der Waals surface area contributed by atoms with E-state index in [-0.39, 0.29) is 0 Å². The molecule has 2 aromatic rings. The lowest BCUT2D eigenvalue weighted by atomic mass is 10.0.